The molecule has 6 nitrogen and oxygen atoms in total. The van der Waals surface area contributed by atoms with Gasteiger partial charge in [0.05, 0.1) is 29.2 Å². The van der Waals surface area contributed by atoms with Gasteiger partial charge in [0, 0.05) is 17.0 Å². The number of aryl methyl sites for hydroxylation is 1. The Morgan fingerprint density at radius 2 is 2.06 bits per heavy atom. The van der Waals surface area contributed by atoms with Gasteiger partial charge < -0.3 is 15.2 Å². The standard InChI is InChI=1S/C23H20FN3O3S/c1-3-30-17-6-4-5-15(9-17)19-11-22(27(26-19)21-13-31-12-14(21)2)25-20-10-16(24)7-8-18(20)23(28)29/h4-13,25H,3H2,1-2H3,(H,28,29). The highest BCUT2D eigenvalue weighted by molar-refractivity contribution is 7.08. The molecule has 0 unspecified atom stereocenters. The average Bonchev–Trinajstić information content (AvgIpc) is 3.34. The van der Waals surface area contributed by atoms with Crippen LogP contribution in [-0.2, 0) is 0 Å². The van der Waals surface area contributed by atoms with E-state index in [1.165, 1.54) is 17.4 Å². The van der Waals surface area contributed by atoms with Crippen molar-refractivity contribution >= 4 is 28.8 Å². The maximum Gasteiger partial charge on any atom is 0.337 e. The van der Waals surface area contributed by atoms with Crippen LogP contribution in [-0.4, -0.2) is 27.5 Å². The number of thiophene rings is 1. The van der Waals surface area contributed by atoms with Crippen molar-refractivity contribution in [3.8, 4) is 22.7 Å². The largest absolute Gasteiger partial charge is 0.494 e. The molecule has 0 saturated carbocycles. The van der Waals surface area contributed by atoms with E-state index in [4.69, 9.17) is 9.84 Å². The predicted molar refractivity (Wildman–Crippen MR) is 119 cm³/mol. The summed E-state index contributed by atoms with van der Waals surface area (Å²) in [6.07, 6.45) is 0. The van der Waals surface area contributed by atoms with Gasteiger partial charge in [0.25, 0.3) is 0 Å². The SMILES string of the molecule is CCOc1cccc(-c2cc(Nc3cc(F)ccc3C(=O)O)n(-c3cscc3C)n2)c1. The fourth-order valence-electron chi connectivity index (χ4n) is 3.22. The molecule has 2 aromatic carbocycles. The predicted octanol–water partition coefficient (Wildman–Crippen LogP) is 5.89. The number of hydrogen-bond acceptors (Lipinski definition) is 5. The average molecular weight is 437 g/mol. The summed E-state index contributed by atoms with van der Waals surface area (Å²) in [5.41, 5.74) is 3.50. The summed E-state index contributed by atoms with van der Waals surface area (Å²) in [6.45, 7) is 4.44. The second-order valence-electron chi connectivity index (χ2n) is 6.85. The van der Waals surface area contributed by atoms with Crippen LogP contribution in [0.25, 0.3) is 16.9 Å². The molecular weight excluding hydrogens is 417 g/mol. The van der Waals surface area contributed by atoms with Crippen molar-refractivity contribution in [2.24, 2.45) is 0 Å². The third kappa shape index (κ3) is 4.29. The lowest BCUT2D eigenvalue weighted by atomic mass is 10.1. The van der Waals surface area contributed by atoms with Gasteiger partial charge in [-0.05, 0) is 55.1 Å². The van der Waals surface area contributed by atoms with Crippen LogP contribution >= 0.6 is 11.3 Å². The number of aromatic carboxylic acids is 1. The lowest BCUT2D eigenvalue weighted by Gasteiger charge is -2.11. The topological polar surface area (TPSA) is 76.4 Å². The molecule has 0 radical (unpaired) electrons. The van der Waals surface area contributed by atoms with Gasteiger partial charge in [-0.1, -0.05) is 12.1 Å². The normalized spacial score (nSPS) is 10.8. The van der Waals surface area contributed by atoms with E-state index in [-0.39, 0.29) is 11.3 Å². The van der Waals surface area contributed by atoms with E-state index in [9.17, 15) is 14.3 Å². The molecule has 31 heavy (non-hydrogen) atoms. The molecule has 0 atom stereocenters. The number of nitrogens with zero attached hydrogens (tertiary/aromatic N) is 2. The minimum atomic E-state index is -1.15. The van der Waals surface area contributed by atoms with Crippen LogP contribution in [0.4, 0.5) is 15.9 Å². The smallest absolute Gasteiger partial charge is 0.337 e. The van der Waals surface area contributed by atoms with Gasteiger partial charge >= 0.3 is 5.97 Å². The molecule has 0 aliphatic heterocycles. The molecule has 2 N–H and O–H groups in total. The quantitative estimate of drug-likeness (QED) is 0.377. The maximum atomic E-state index is 13.9. The van der Waals surface area contributed by atoms with Crippen LogP contribution in [0.2, 0.25) is 0 Å². The van der Waals surface area contributed by atoms with E-state index in [1.54, 1.807) is 10.7 Å². The highest BCUT2D eigenvalue weighted by Crippen LogP contribution is 2.32. The first-order chi connectivity index (χ1) is 15.0. The van der Waals surface area contributed by atoms with Crippen LogP contribution < -0.4 is 10.1 Å². The fraction of sp³-hybridized carbons (Fsp3) is 0.130. The first-order valence-corrected chi connectivity index (χ1v) is 10.6. The summed E-state index contributed by atoms with van der Waals surface area (Å²) in [6, 6.07) is 12.9. The van der Waals surface area contributed by atoms with E-state index >= 15 is 0 Å². The summed E-state index contributed by atoms with van der Waals surface area (Å²) in [5, 5.41) is 21.3. The number of nitrogens with one attached hydrogen (secondary N) is 1. The van der Waals surface area contributed by atoms with Crippen molar-refractivity contribution in [2.75, 3.05) is 11.9 Å². The van der Waals surface area contributed by atoms with Gasteiger partial charge in [-0.3, -0.25) is 0 Å². The van der Waals surface area contributed by atoms with E-state index in [2.05, 4.69) is 5.32 Å². The number of carboxylic acids is 1. The number of halogens is 1. The Balaban J connectivity index is 1.82. The van der Waals surface area contributed by atoms with Crippen molar-refractivity contribution in [1.29, 1.82) is 0 Å². The Bertz CT molecular complexity index is 1250. The van der Waals surface area contributed by atoms with Crippen LogP contribution in [0, 0.1) is 12.7 Å². The molecule has 0 aliphatic carbocycles. The molecule has 0 bridgehead atoms. The highest BCUT2D eigenvalue weighted by Gasteiger charge is 2.17. The third-order valence-corrected chi connectivity index (χ3v) is 5.53. The van der Waals surface area contributed by atoms with Crippen molar-refractivity contribution in [2.45, 2.75) is 13.8 Å². The summed E-state index contributed by atoms with van der Waals surface area (Å²) in [5.74, 6) is -0.430. The Kier molecular flexibility index (Phi) is 5.73. The van der Waals surface area contributed by atoms with Crippen molar-refractivity contribution in [3.63, 3.8) is 0 Å². The van der Waals surface area contributed by atoms with E-state index in [0.29, 0.717) is 18.1 Å². The second kappa shape index (κ2) is 8.61. The van der Waals surface area contributed by atoms with Gasteiger partial charge in [-0.15, -0.1) is 11.3 Å². The molecule has 2 heterocycles. The number of hydrogen-bond donors (Lipinski definition) is 2. The van der Waals surface area contributed by atoms with Gasteiger partial charge in [-0.25, -0.2) is 13.9 Å². The van der Waals surface area contributed by atoms with Crippen LogP contribution in [0.1, 0.15) is 22.8 Å². The van der Waals surface area contributed by atoms with E-state index in [1.807, 2.05) is 48.9 Å². The maximum absolute atomic E-state index is 13.9. The Morgan fingerprint density at radius 3 is 2.77 bits per heavy atom. The fourth-order valence-corrected chi connectivity index (χ4v) is 4.03. The van der Waals surface area contributed by atoms with Crippen LogP contribution in [0.15, 0.2) is 59.3 Å². The van der Waals surface area contributed by atoms with E-state index in [0.717, 1.165) is 34.7 Å². The molecule has 8 heteroatoms. The number of anilines is 2. The lowest BCUT2D eigenvalue weighted by Crippen LogP contribution is -2.07. The molecule has 0 saturated heterocycles. The lowest BCUT2D eigenvalue weighted by molar-refractivity contribution is 0.0698. The van der Waals surface area contributed by atoms with Crippen molar-refractivity contribution in [3.05, 3.63) is 76.2 Å². The molecule has 0 amide bonds. The van der Waals surface area contributed by atoms with Crippen LogP contribution in [0.3, 0.4) is 0 Å². The van der Waals surface area contributed by atoms with Crippen molar-refractivity contribution < 1.29 is 19.0 Å². The zero-order valence-corrected chi connectivity index (χ0v) is 17.7. The summed E-state index contributed by atoms with van der Waals surface area (Å²) < 4.78 is 21.2. The number of benzene rings is 2. The van der Waals surface area contributed by atoms with Crippen LogP contribution in [0.5, 0.6) is 5.75 Å². The van der Waals surface area contributed by atoms with Gasteiger partial charge in [0.2, 0.25) is 0 Å². The van der Waals surface area contributed by atoms with Gasteiger partial charge in [0.15, 0.2) is 0 Å². The van der Waals surface area contributed by atoms with Gasteiger partial charge in [0.1, 0.15) is 17.4 Å². The number of carbonyl (C=O) groups is 1. The monoisotopic (exact) mass is 437 g/mol. The number of ether oxygens (including phenoxy) is 1. The Morgan fingerprint density at radius 1 is 1.23 bits per heavy atom. The molecule has 158 valence electrons. The molecule has 0 aliphatic rings. The summed E-state index contributed by atoms with van der Waals surface area (Å²) >= 11 is 1.54. The Hall–Kier alpha value is -3.65. The molecule has 0 spiro atoms. The van der Waals surface area contributed by atoms with Gasteiger partial charge in [-0.2, -0.15) is 5.10 Å². The molecule has 4 rings (SSSR count). The number of aromatic nitrogens is 2. The summed E-state index contributed by atoms with van der Waals surface area (Å²) in [7, 11) is 0. The zero-order valence-electron chi connectivity index (χ0n) is 16.9. The zero-order chi connectivity index (χ0) is 22.0. The third-order valence-electron chi connectivity index (χ3n) is 4.68. The Labute approximate surface area is 182 Å². The highest BCUT2D eigenvalue weighted by atomic mass is 32.1. The first kappa shape index (κ1) is 20.6. The molecule has 0 fully saturated rings. The first-order valence-electron chi connectivity index (χ1n) is 9.62. The summed E-state index contributed by atoms with van der Waals surface area (Å²) in [4.78, 5) is 11.6. The molecule has 4 aromatic rings. The van der Waals surface area contributed by atoms with E-state index < -0.39 is 11.8 Å². The minimum Gasteiger partial charge on any atom is -0.494 e. The number of rotatable bonds is 7. The molecular formula is C23H20FN3O3S. The second-order valence-corrected chi connectivity index (χ2v) is 7.59. The minimum absolute atomic E-state index is 0.0314. The number of carboxylic acid groups (broad SMARTS) is 1. The van der Waals surface area contributed by atoms with Crippen molar-refractivity contribution in [1.82, 2.24) is 9.78 Å². The molecule has 2 aromatic heterocycles.